The Labute approximate surface area is 102 Å². The van der Waals surface area contributed by atoms with Crippen molar-refractivity contribution in [2.45, 2.75) is 26.2 Å². The molecule has 17 heavy (non-hydrogen) atoms. The van der Waals surface area contributed by atoms with Crippen LogP contribution >= 0.6 is 0 Å². The highest BCUT2D eigenvalue weighted by Crippen LogP contribution is 2.28. The molecule has 1 saturated heterocycles. The topological polar surface area (TPSA) is 16.1 Å². The van der Waals surface area contributed by atoms with Gasteiger partial charge in [0, 0.05) is 36.6 Å². The van der Waals surface area contributed by atoms with Gasteiger partial charge in [0.1, 0.15) is 0 Å². The molecule has 0 N–H and O–H groups in total. The van der Waals surface area contributed by atoms with Gasteiger partial charge in [0.25, 0.3) is 0 Å². The van der Waals surface area contributed by atoms with Crippen LogP contribution < -0.4 is 4.90 Å². The quantitative estimate of drug-likeness (QED) is 0.739. The molecule has 0 saturated carbocycles. The predicted octanol–water partition coefficient (Wildman–Crippen LogP) is 3.53. The fraction of sp³-hybridized carbons (Fsp3) is 0.400. The summed E-state index contributed by atoms with van der Waals surface area (Å²) in [5.41, 5.74) is 2.77. The summed E-state index contributed by atoms with van der Waals surface area (Å²) in [7, 11) is 0. The van der Waals surface area contributed by atoms with E-state index in [0.29, 0.717) is 0 Å². The number of fused-ring (bicyclic) bond motifs is 1. The van der Waals surface area contributed by atoms with Gasteiger partial charge in [0.2, 0.25) is 0 Å². The third kappa shape index (κ3) is 1.99. The average molecular weight is 226 g/mol. The first kappa shape index (κ1) is 10.6. The maximum absolute atomic E-state index is 4.18. The number of benzene rings is 1. The smallest absolute Gasteiger partial charge is 0.0402 e. The number of hydrogen-bond acceptors (Lipinski definition) is 2. The van der Waals surface area contributed by atoms with Crippen molar-refractivity contribution in [1.29, 1.82) is 0 Å². The fourth-order valence-electron chi connectivity index (χ4n) is 2.71. The van der Waals surface area contributed by atoms with E-state index in [1.54, 1.807) is 0 Å². The second-order valence-corrected chi connectivity index (χ2v) is 4.91. The first-order valence-corrected chi connectivity index (χ1v) is 6.44. The summed E-state index contributed by atoms with van der Waals surface area (Å²) < 4.78 is 0. The van der Waals surface area contributed by atoms with Crippen molar-refractivity contribution in [3.8, 4) is 0 Å². The van der Waals surface area contributed by atoms with Crippen molar-refractivity contribution in [2.75, 3.05) is 18.0 Å². The van der Waals surface area contributed by atoms with Crippen LogP contribution in [0, 0.1) is 6.92 Å². The van der Waals surface area contributed by atoms with E-state index in [0.717, 1.165) is 0 Å². The summed E-state index contributed by atoms with van der Waals surface area (Å²) in [5.74, 6) is 0. The maximum atomic E-state index is 4.18. The van der Waals surface area contributed by atoms with Crippen molar-refractivity contribution in [2.24, 2.45) is 0 Å². The molecule has 0 atom stereocenters. The molecule has 0 spiro atoms. The number of piperidine rings is 1. The number of anilines is 1. The molecule has 1 aliphatic heterocycles. The minimum Gasteiger partial charge on any atom is -0.371 e. The standard InChI is InChI=1S/C15H18N2/c1-12-9-14-11-16-6-5-13(14)10-15(12)17-7-3-2-4-8-17/h5-6,9-11H,2-4,7-8H2,1H3. The van der Waals surface area contributed by atoms with Crippen molar-refractivity contribution in [1.82, 2.24) is 4.98 Å². The lowest BCUT2D eigenvalue weighted by atomic mass is 10.0. The zero-order valence-electron chi connectivity index (χ0n) is 10.3. The summed E-state index contributed by atoms with van der Waals surface area (Å²) in [5, 5.41) is 2.54. The van der Waals surface area contributed by atoms with Gasteiger partial charge in [-0.15, -0.1) is 0 Å². The van der Waals surface area contributed by atoms with E-state index in [1.165, 1.54) is 54.4 Å². The summed E-state index contributed by atoms with van der Waals surface area (Å²) >= 11 is 0. The molecule has 3 rings (SSSR count). The van der Waals surface area contributed by atoms with E-state index in [4.69, 9.17) is 0 Å². The van der Waals surface area contributed by atoms with Gasteiger partial charge in [-0.2, -0.15) is 0 Å². The van der Waals surface area contributed by atoms with Gasteiger partial charge in [-0.3, -0.25) is 4.98 Å². The first-order chi connectivity index (χ1) is 8.34. The molecule has 0 radical (unpaired) electrons. The molecule has 1 aromatic carbocycles. The molecular formula is C15H18N2. The molecule has 0 bridgehead atoms. The molecule has 88 valence electrons. The number of aryl methyl sites for hydroxylation is 1. The van der Waals surface area contributed by atoms with E-state index in [-0.39, 0.29) is 0 Å². The number of pyridine rings is 1. The Kier molecular flexibility index (Phi) is 2.71. The molecule has 1 fully saturated rings. The summed E-state index contributed by atoms with van der Waals surface area (Å²) in [4.78, 5) is 6.71. The van der Waals surface area contributed by atoms with E-state index in [2.05, 4.69) is 35.0 Å². The Morgan fingerprint density at radius 3 is 2.71 bits per heavy atom. The SMILES string of the molecule is Cc1cc2cnccc2cc1N1CCCCC1. The van der Waals surface area contributed by atoms with Gasteiger partial charge in [0.05, 0.1) is 0 Å². The fourth-order valence-corrected chi connectivity index (χ4v) is 2.71. The van der Waals surface area contributed by atoms with Crippen LogP contribution in [0.5, 0.6) is 0 Å². The van der Waals surface area contributed by atoms with E-state index >= 15 is 0 Å². The van der Waals surface area contributed by atoms with Crippen LogP contribution in [0.25, 0.3) is 10.8 Å². The Balaban J connectivity index is 2.06. The summed E-state index contributed by atoms with van der Waals surface area (Å²) in [6.07, 6.45) is 7.86. The Morgan fingerprint density at radius 1 is 1.06 bits per heavy atom. The van der Waals surface area contributed by atoms with Crippen LogP contribution in [-0.2, 0) is 0 Å². The van der Waals surface area contributed by atoms with Gasteiger partial charge < -0.3 is 4.90 Å². The predicted molar refractivity (Wildman–Crippen MR) is 72.5 cm³/mol. The third-order valence-corrected chi connectivity index (χ3v) is 3.65. The number of aromatic nitrogens is 1. The van der Waals surface area contributed by atoms with E-state index in [1.807, 2.05) is 12.4 Å². The molecule has 1 aromatic heterocycles. The maximum Gasteiger partial charge on any atom is 0.0402 e. The van der Waals surface area contributed by atoms with Crippen LogP contribution in [0.15, 0.2) is 30.6 Å². The van der Waals surface area contributed by atoms with E-state index < -0.39 is 0 Å². The number of hydrogen-bond donors (Lipinski definition) is 0. The minimum absolute atomic E-state index is 1.21. The van der Waals surface area contributed by atoms with Crippen molar-refractivity contribution in [3.63, 3.8) is 0 Å². The highest BCUT2D eigenvalue weighted by atomic mass is 15.1. The minimum atomic E-state index is 1.21. The normalized spacial score (nSPS) is 16.4. The number of rotatable bonds is 1. The molecular weight excluding hydrogens is 208 g/mol. The van der Waals surface area contributed by atoms with Crippen LogP contribution in [0.4, 0.5) is 5.69 Å². The lowest BCUT2D eigenvalue weighted by Crippen LogP contribution is -2.29. The zero-order chi connectivity index (χ0) is 11.7. The highest BCUT2D eigenvalue weighted by molar-refractivity contribution is 5.86. The second-order valence-electron chi connectivity index (χ2n) is 4.91. The highest BCUT2D eigenvalue weighted by Gasteiger charge is 2.13. The van der Waals surface area contributed by atoms with Crippen molar-refractivity contribution in [3.05, 3.63) is 36.2 Å². The lowest BCUT2D eigenvalue weighted by Gasteiger charge is -2.30. The van der Waals surface area contributed by atoms with E-state index in [9.17, 15) is 0 Å². The van der Waals surface area contributed by atoms with Crippen LogP contribution in [-0.4, -0.2) is 18.1 Å². The molecule has 2 aromatic rings. The molecule has 2 heterocycles. The van der Waals surface area contributed by atoms with Gasteiger partial charge in [0.15, 0.2) is 0 Å². The average Bonchev–Trinajstić information content (AvgIpc) is 2.39. The van der Waals surface area contributed by atoms with Crippen molar-refractivity contribution >= 4 is 16.5 Å². The monoisotopic (exact) mass is 226 g/mol. The molecule has 1 aliphatic rings. The third-order valence-electron chi connectivity index (χ3n) is 3.65. The van der Waals surface area contributed by atoms with Crippen molar-refractivity contribution < 1.29 is 0 Å². The molecule has 0 amide bonds. The Bertz CT molecular complexity index is 527. The second kappa shape index (κ2) is 4.36. The van der Waals surface area contributed by atoms with Crippen LogP contribution in [0.1, 0.15) is 24.8 Å². The van der Waals surface area contributed by atoms with Gasteiger partial charge in [-0.1, -0.05) is 0 Å². The van der Waals surface area contributed by atoms with Gasteiger partial charge >= 0.3 is 0 Å². The summed E-state index contributed by atoms with van der Waals surface area (Å²) in [6, 6.07) is 6.67. The Morgan fingerprint density at radius 2 is 1.88 bits per heavy atom. The van der Waals surface area contributed by atoms with Crippen LogP contribution in [0.3, 0.4) is 0 Å². The molecule has 0 unspecified atom stereocenters. The molecule has 2 nitrogen and oxygen atoms in total. The molecule has 2 heteroatoms. The lowest BCUT2D eigenvalue weighted by molar-refractivity contribution is 0.577. The van der Waals surface area contributed by atoms with Gasteiger partial charge in [-0.05, 0) is 55.3 Å². The number of nitrogens with zero attached hydrogens (tertiary/aromatic N) is 2. The van der Waals surface area contributed by atoms with Crippen LogP contribution in [0.2, 0.25) is 0 Å². The zero-order valence-corrected chi connectivity index (χ0v) is 10.3. The summed E-state index contributed by atoms with van der Waals surface area (Å²) in [6.45, 7) is 4.62. The first-order valence-electron chi connectivity index (χ1n) is 6.44. The molecule has 0 aliphatic carbocycles. The Hall–Kier alpha value is -1.57. The largest absolute Gasteiger partial charge is 0.371 e. The van der Waals surface area contributed by atoms with Gasteiger partial charge in [-0.25, -0.2) is 0 Å².